The summed E-state index contributed by atoms with van der Waals surface area (Å²) < 4.78 is 13.4. The van der Waals surface area contributed by atoms with Gasteiger partial charge in [0.25, 0.3) is 0 Å². The Balaban J connectivity index is 2.40. The Morgan fingerprint density at radius 1 is 1.47 bits per heavy atom. The van der Waals surface area contributed by atoms with E-state index in [0.717, 1.165) is 5.56 Å². The smallest absolute Gasteiger partial charge is 0.181 e. The average Bonchev–Trinajstić information content (AvgIpc) is 2.70. The Labute approximate surface area is 98.8 Å². The first kappa shape index (κ1) is 10.6. The van der Waals surface area contributed by atoms with Crippen molar-refractivity contribution in [3.63, 3.8) is 0 Å². The van der Waals surface area contributed by atoms with Crippen LogP contribution in [0.5, 0.6) is 0 Å². The molecule has 0 aliphatic heterocycles. The molecule has 0 aliphatic rings. The summed E-state index contributed by atoms with van der Waals surface area (Å²) in [6.45, 7) is 0. The van der Waals surface area contributed by atoms with Crippen molar-refractivity contribution in [1.82, 2.24) is 15.2 Å². The minimum absolute atomic E-state index is 0.273. The number of aromatic amines is 1. The van der Waals surface area contributed by atoms with Gasteiger partial charge in [-0.1, -0.05) is 0 Å². The number of halogens is 3. The molecule has 15 heavy (non-hydrogen) atoms. The molecule has 1 aromatic heterocycles. The molecule has 1 N–H and O–H groups in total. The van der Waals surface area contributed by atoms with E-state index in [0.29, 0.717) is 16.1 Å². The van der Waals surface area contributed by atoms with Gasteiger partial charge < -0.3 is 0 Å². The van der Waals surface area contributed by atoms with Crippen LogP contribution in [0.2, 0.25) is 0 Å². The Kier molecular flexibility index (Phi) is 3.02. The van der Waals surface area contributed by atoms with E-state index in [1.54, 1.807) is 12.1 Å². The Morgan fingerprint density at radius 3 is 2.87 bits per heavy atom. The van der Waals surface area contributed by atoms with E-state index in [9.17, 15) is 4.39 Å². The molecule has 0 unspecified atom stereocenters. The van der Waals surface area contributed by atoms with Crippen LogP contribution in [0, 0.1) is 5.82 Å². The molecular weight excluding hydrogens is 284 g/mol. The predicted octanol–water partition coefficient (Wildman–Crippen LogP) is 3.11. The van der Waals surface area contributed by atoms with Gasteiger partial charge in [0.05, 0.1) is 10.4 Å². The van der Waals surface area contributed by atoms with E-state index in [1.807, 2.05) is 0 Å². The lowest BCUT2D eigenvalue weighted by atomic mass is 10.2. The summed E-state index contributed by atoms with van der Waals surface area (Å²) in [6.07, 6.45) is 0. The topological polar surface area (TPSA) is 41.6 Å². The number of alkyl halides is 1. The third-order valence-electron chi connectivity index (χ3n) is 1.84. The van der Waals surface area contributed by atoms with Gasteiger partial charge in [0.2, 0.25) is 0 Å². The highest BCUT2D eigenvalue weighted by Gasteiger charge is 2.07. The Morgan fingerprint density at radius 2 is 2.27 bits per heavy atom. The fourth-order valence-electron chi connectivity index (χ4n) is 1.12. The van der Waals surface area contributed by atoms with E-state index < -0.39 is 0 Å². The van der Waals surface area contributed by atoms with Gasteiger partial charge in [-0.15, -0.1) is 11.6 Å². The van der Waals surface area contributed by atoms with E-state index in [-0.39, 0.29) is 11.7 Å². The van der Waals surface area contributed by atoms with Gasteiger partial charge in [-0.25, -0.2) is 9.37 Å². The van der Waals surface area contributed by atoms with Gasteiger partial charge in [-0.3, -0.25) is 5.10 Å². The van der Waals surface area contributed by atoms with Crippen molar-refractivity contribution < 1.29 is 4.39 Å². The summed E-state index contributed by atoms with van der Waals surface area (Å²) in [5.41, 5.74) is 0.732. The van der Waals surface area contributed by atoms with E-state index in [4.69, 9.17) is 11.6 Å². The molecule has 0 fully saturated rings. The second kappa shape index (κ2) is 4.28. The first-order valence-electron chi connectivity index (χ1n) is 4.13. The molecule has 3 nitrogen and oxygen atoms in total. The lowest BCUT2D eigenvalue weighted by Crippen LogP contribution is -1.84. The standard InChI is InChI=1S/C9H6BrClFN3/c10-6-3-5(1-2-7(6)12)9-13-8(4-11)14-15-9/h1-3H,4H2,(H,13,14,15). The van der Waals surface area contributed by atoms with Crippen molar-refractivity contribution in [3.8, 4) is 11.4 Å². The predicted molar refractivity (Wildman–Crippen MR) is 59.0 cm³/mol. The molecule has 0 bridgehead atoms. The van der Waals surface area contributed by atoms with E-state index in [1.165, 1.54) is 6.07 Å². The number of nitrogens with one attached hydrogen (secondary N) is 1. The van der Waals surface area contributed by atoms with Gasteiger partial charge in [0.1, 0.15) is 11.6 Å². The summed E-state index contributed by atoms with van der Waals surface area (Å²) in [4.78, 5) is 4.13. The number of nitrogens with zero attached hydrogens (tertiary/aromatic N) is 2. The fraction of sp³-hybridized carbons (Fsp3) is 0.111. The number of H-pyrrole nitrogens is 1. The van der Waals surface area contributed by atoms with Crippen molar-refractivity contribution in [3.05, 3.63) is 34.3 Å². The van der Waals surface area contributed by atoms with Gasteiger partial charge in [0.15, 0.2) is 5.82 Å². The van der Waals surface area contributed by atoms with Gasteiger partial charge in [-0.2, -0.15) is 5.10 Å². The zero-order chi connectivity index (χ0) is 10.8. The summed E-state index contributed by atoms with van der Waals surface area (Å²) in [7, 11) is 0. The van der Waals surface area contributed by atoms with Gasteiger partial charge in [-0.05, 0) is 34.1 Å². The lowest BCUT2D eigenvalue weighted by Gasteiger charge is -1.97. The first-order chi connectivity index (χ1) is 7.20. The molecule has 0 amide bonds. The molecule has 1 heterocycles. The lowest BCUT2D eigenvalue weighted by molar-refractivity contribution is 0.621. The average molecular weight is 291 g/mol. The van der Waals surface area contributed by atoms with Crippen LogP contribution in [0.1, 0.15) is 5.82 Å². The third-order valence-corrected chi connectivity index (χ3v) is 2.70. The Bertz CT molecular complexity index is 486. The molecule has 2 rings (SSSR count). The van der Waals surface area contributed by atoms with Crippen LogP contribution in [0.4, 0.5) is 4.39 Å². The first-order valence-corrected chi connectivity index (χ1v) is 5.46. The molecule has 6 heteroatoms. The molecule has 0 radical (unpaired) electrons. The molecule has 0 saturated carbocycles. The molecule has 0 spiro atoms. The van der Waals surface area contributed by atoms with Crippen molar-refractivity contribution in [2.24, 2.45) is 0 Å². The SMILES string of the molecule is Fc1ccc(-c2n[nH]c(CCl)n2)cc1Br. The van der Waals surface area contributed by atoms with Crippen LogP contribution in [-0.4, -0.2) is 15.2 Å². The number of hydrogen-bond acceptors (Lipinski definition) is 2. The van der Waals surface area contributed by atoms with Crippen LogP contribution in [0.25, 0.3) is 11.4 Å². The normalized spacial score (nSPS) is 10.6. The highest BCUT2D eigenvalue weighted by atomic mass is 79.9. The van der Waals surface area contributed by atoms with Crippen LogP contribution in [0.3, 0.4) is 0 Å². The van der Waals surface area contributed by atoms with Crippen molar-refractivity contribution in [2.75, 3.05) is 0 Å². The second-order valence-corrected chi connectivity index (χ2v) is 3.99. The minimum Gasteiger partial charge on any atom is -0.262 e. The molecular formula is C9H6BrClFN3. The molecule has 0 atom stereocenters. The summed E-state index contributed by atoms with van der Waals surface area (Å²) in [6, 6.07) is 4.59. The number of rotatable bonds is 2. The zero-order valence-corrected chi connectivity index (χ0v) is 9.81. The Hall–Kier alpha value is -0.940. The van der Waals surface area contributed by atoms with Crippen molar-refractivity contribution in [2.45, 2.75) is 5.88 Å². The van der Waals surface area contributed by atoms with Crippen LogP contribution < -0.4 is 0 Å². The highest BCUT2D eigenvalue weighted by molar-refractivity contribution is 9.10. The largest absolute Gasteiger partial charge is 0.262 e. The van der Waals surface area contributed by atoms with E-state index >= 15 is 0 Å². The van der Waals surface area contributed by atoms with Gasteiger partial charge >= 0.3 is 0 Å². The summed E-state index contributed by atoms with van der Waals surface area (Å²) >= 11 is 8.68. The molecule has 1 aromatic carbocycles. The number of hydrogen-bond donors (Lipinski definition) is 1. The quantitative estimate of drug-likeness (QED) is 0.864. The number of aromatic nitrogens is 3. The molecule has 78 valence electrons. The summed E-state index contributed by atoms with van der Waals surface area (Å²) in [5.74, 6) is 1.06. The highest BCUT2D eigenvalue weighted by Crippen LogP contribution is 2.22. The summed E-state index contributed by atoms with van der Waals surface area (Å²) in [5, 5.41) is 6.65. The maximum absolute atomic E-state index is 13.0. The molecule has 0 aliphatic carbocycles. The minimum atomic E-state index is -0.313. The zero-order valence-electron chi connectivity index (χ0n) is 7.47. The third kappa shape index (κ3) is 2.18. The van der Waals surface area contributed by atoms with Crippen LogP contribution >= 0.6 is 27.5 Å². The maximum atomic E-state index is 13.0. The van der Waals surface area contributed by atoms with Crippen LogP contribution in [0.15, 0.2) is 22.7 Å². The number of benzene rings is 1. The molecule has 0 saturated heterocycles. The monoisotopic (exact) mass is 289 g/mol. The molecule has 2 aromatic rings. The van der Waals surface area contributed by atoms with Crippen molar-refractivity contribution in [1.29, 1.82) is 0 Å². The van der Waals surface area contributed by atoms with Crippen molar-refractivity contribution >= 4 is 27.5 Å². The van der Waals surface area contributed by atoms with Gasteiger partial charge in [0, 0.05) is 5.56 Å². The van der Waals surface area contributed by atoms with E-state index in [2.05, 4.69) is 31.1 Å². The maximum Gasteiger partial charge on any atom is 0.181 e. The second-order valence-electron chi connectivity index (χ2n) is 2.87. The fourth-order valence-corrected chi connectivity index (χ4v) is 1.62. The van der Waals surface area contributed by atoms with Crippen LogP contribution in [-0.2, 0) is 5.88 Å².